The molecular weight excluding hydrogens is 162 g/mol. The summed E-state index contributed by atoms with van der Waals surface area (Å²) >= 11 is 0. The highest BCUT2D eigenvalue weighted by molar-refractivity contribution is 5.69. The van der Waals surface area contributed by atoms with Gasteiger partial charge in [0.05, 0.1) is 5.92 Å². The molecule has 0 heterocycles. The second-order valence-electron chi connectivity index (χ2n) is 2.61. The molecule has 5 heteroatoms. The summed E-state index contributed by atoms with van der Waals surface area (Å²) in [4.78, 5) is 20.2. The Bertz CT molecular complexity index is 169. The maximum absolute atomic E-state index is 10.3. The van der Waals surface area contributed by atoms with Gasteiger partial charge in [0, 0.05) is 6.54 Å². The number of carboxylic acids is 1. The molecule has 0 radical (unpaired) electrons. The first-order valence-corrected chi connectivity index (χ1v) is 3.73. The molecule has 0 fully saturated rings. The van der Waals surface area contributed by atoms with Gasteiger partial charge in [-0.25, -0.2) is 4.79 Å². The van der Waals surface area contributed by atoms with Crippen LogP contribution >= 0.6 is 0 Å². The van der Waals surface area contributed by atoms with E-state index in [-0.39, 0.29) is 0 Å². The Hall–Kier alpha value is -1.26. The number of hydrogen-bond donors (Lipinski definition) is 3. The third kappa shape index (κ3) is 5.52. The van der Waals surface area contributed by atoms with E-state index in [2.05, 4.69) is 5.32 Å². The summed E-state index contributed by atoms with van der Waals surface area (Å²) < 4.78 is 0. The molecule has 5 nitrogen and oxygen atoms in total. The van der Waals surface area contributed by atoms with Crippen molar-refractivity contribution in [2.75, 3.05) is 6.54 Å². The van der Waals surface area contributed by atoms with Crippen LogP contribution in [0.4, 0.5) is 4.79 Å². The molecule has 1 atom stereocenters. The van der Waals surface area contributed by atoms with Crippen LogP contribution in [-0.4, -0.2) is 28.8 Å². The monoisotopic (exact) mass is 175 g/mol. The van der Waals surface area contributed by atoms with Crippen LogP contribution < -0.4 is 5.32 Å². The van der Waals surface area contributed by atoms with Crippen molar-refractivity contribution in [3.63, 3.8) is 0 Å². The van der Waals surface area contributed by atoms with Crippen LogP contribution in [0.5, 0.6) is 0 Å². The summed E-state index contributed by atoms with van der Waals surface area (Å²) in [7, 11) is 0. The largest absolute Gasteiger partial charge is 0.481 e. The van der Waals surface area contributed by atoms with Gasteiger partial charge in [-0.3, -0.25) is 4.79 Å². The van der Waals surface area contributed by atoms with Crippen LogP contribution in [0, 0.1) is 5.92 Å². The lowest BCUT2D eigenvalue weighted by Gasteiger charge is -2.04. The van der Waals surface area contributed by atoms with E-state index in [0.29, 0.717) is 19.4 Å². The van der Waals surface area contributed by atoms with Crippen molar-refractivity contribution in [3.8, 4) is 0 Å². The second-order valence-corrected chi connectivity index (χ2v) is 2.61. The molecule has 0 rings (SSSR count). The lowest BCUT2D eigenvalue weighted by molar-refractivity contribution is -0.141. The van der Waals surface area contributed by atoms with Crippen molar-refractivity contribution in [2.45, 2.75) is 19.8 Å². The normalized spacial score (nSPS) is 12.1. The molecule has 0 aromatic heterocycles. The summed E-state index contributed by atoms with van der Waals surface area (Å²) in [6.45, 7) is 1.91. The highest BCUT2D eigenvalue weighted by Crippen LogP contribution is 2.03. The van der Waals surface area contributed by atoms with Crippen molar-refractivity contribution in [3.05, 3.63) is 0 Å². The Morgan fingerprint density at radius 1 is 1.42 bits per heavy atom. The predicted molar refractivity (Wildman–Crippen MR) is 42.1 cm³/mol. The van der Waals surface area contributed by atoms with Crippen LogP contribution in [0.25, 0.3) is 0 Å². The minimum absolute atomic E-state index is 0.312. The molecule has 1 amide bonds. The molecule has 0 bridgehead atoms. The Kier molecular flexibility index (Phi) is 4.83. The van der Waals surface area contributed by atoms with Gasteiger partial charge in [0.1, 0.15) is 0 Å². The topological polar surface area (TPSA) is 86.6 Å². The Balaban J connectivity index is 3.31. The number of carbonyl (C=O) groups is 2. The minimum Gasteiger partial charge on any atom is -0.481 e. The van der Waals surface area contributed by atoms with Gasteiger partial charge in [0.25, 0.3) is 0 Å². The lowest BCUT2D eigenvalue weighted by atomic mass is 10.1. The highest BCUT2D eigenvalue weighted by atomic mass is 16.4. The van der Waals surface area contributed by atoms with Crippen LogP contribution in [0.3, 0.4) is 0 Å². The fourth-order valence-electron chi connectivity index (χ4n) is 0.727. The molecule has 3 N–H and O–H groups in total. The predicted octanol–water partition coefficient (Wildman–Crippen LogP) is 0.755. The number of amides is 1. The van der Waals surface area contributed by atoms with Gasteiger partial charge in [-0.1, -0.05) is 6.92 Å². The van der Waals surface area contributed by atoms with Crippen LogP contribution in [0.2, 0.25) is 0 Å². The summed E-state index contributed by atoms with van der Waals surface area (Å²) in [6, 6.07) is 0. The minimum atomic E-state index is -1.07. The zero-order valence-electron chi connectivity index (χ0n) is 6.91. The van der Waals surface area contributed by atoms with Crippen LogP contribution in [0.1, 0.15) is 19.8 Å². The molecular formula is C7H13NO4. The maximum atomic E-state index is 10.3. The molecule has 0 aliphatic rings. The van der Waals surface area contributed by atoms with E-state index in [1.54, 1.807) is 6.92 Å². The molecule has 70 valence electrons. The zero-order chi connectivity index (χ0) is 9.56. The summed E-state index contributed by atoms with van der Waals surface area (Å²) in [6.07, 6.45) is -0.0203. The first-order chi connectivity index (χ1) is 5.54. The summed E-state index contributed by atoms with van der Waals surface area (Å²) in [5.41, 5.74) is 0. The first kappa shape index (κ1) is 10.7. The highest BCUT2D eigenvalue weighted by Gasteiger charge is 2.09. The average Bonchev–Trinajstić information content (AvgIpc) is 1.97. The molecule has 0 aliphatic carbocycles. The van der Waals surface area contributed by atoms with Crippen molar-refractivity contribution >= 4 is 12.1 Å². The number of hydrogen-bond acceptors (Lipinski definition) is 2. The van der Waals surface area contributed by atoms with Gasteiger partial charge < -0.3 is 15.5 Å². The van der Waals surface area contributed by atoms with Gasteiger partial charge in [-0.05, 0) is 12.8 Å². The van der Waals surface area contributed by atoms with Crippen LogP contribution in [-0.2, 0) is 4.79 Å². The molecule has 0 spiro atoms. The van der Waals surface area contributed by atoms with Gasteiger partial charge in [-0.2, -0.15) is 0 Å². The molecule has 0 aromatic carbocycles. The Labute approximate surface area is 70.4 Å². The van der Waals surface area contributed by atoms with E-state index in [4.69, 9.17) is 10.2 Å². The smallest absolute Gasteiger partial charge is 0.404 e. The standard InChI is InChI=1S/C7H13NO4/c1-5(6(9)10)3-2-4-8-7(11)12/h5,8H,2-4H2,1H3,(H,9,10)(H,11,12). The van der Waals surface area contributed by atoms with Gasteiger partial charge in [0.15, 0.2) is 0 Å². The summed E-state index contributed by atoms with van der Waals surface area (Å²) in [5.74, 6) is -1.24. The number of aliphatic carboxylic acids is 1. The van der Waals surface area contributed by atoms with Crippen molar-refractivity contribution in [1.29, 1.82) is 0 Å². The Morgan fingerprint density at radius 3 is 2.42 bits per heavy atom. The third-order valence-corrected chi connectivity index (χ3v) is 1.51. The van der Waals surface area contributed by atoms with Gasteiger partial charge in [0.2, 0.25) is 0 Å². The molecule has 0 saturated carbocycles. The average molecular weight is 175 g/mol. The van der Waals surface area contributed by atoms with Gasteiger partial charge in [-0.15, -0.1) is 0 Å². The summed E-state index contributed by atoms with van der Waals surface area (Å²) in [5, 5.41) is 18.8. The van der Waals surface area contributed by atoms with E-state index in [1.165, 1.54) is 0 Å². The fourth-order valence-corrected chi connectivity index (χ4v) is 0.727. The maximum Gasteiger partial charge on any atom is 0.404 e. The zero-order valence-corrected chi connectivity index (χ0v) is 6.91. The van der Waals surface area contributed by atoms with E-state index < -0.39 is 18.0 Å². The number of nitrogens with one attached hydrogen (secondary N) is 1. The number of rotatable bonds is 5. The molecule has 1 unspecified atom stereocenters. The van der Waals surface area contributed by atoms with Gasteiger partial charge >= 0.3 is 12.1 Å². The fraction of sp³-hybridized carbons (Fsp3) is 0.714. The first-order valence-electron chi connectivity index (χ1n) is 3.73. The molecule has 0 saturated heterocycles. The SMILES string of the molecule is CC(CCCNC(=O)O)C(=O)O. The van der Waals surface area contributed by atoms with E-state index in [0.717, 1.165) is 0 Å². The van der Waals surface area contributed by atoms with E-state index in [9.17, 15) is 9.59 Å². The van der Waals surface area contributed by atoms with Crippen molar-refractivity contribution < 1.29 is 19.8 Å². The van der Waals surface area contributed by atoms with Crippen LogP contribution in [0.15, 0.2) is 0 Å². The third-order valence-electron chi connectivity index (χ3n) is 1.51. The second kappa shape index (κ2) is 5.40. The van der Waals surface area contributed by atoms with E-state index >= 15 is 0 Å². The molecule has 12 heavy (non-hydrogen) atoms. The quantitative estimate of drug-likeness (QED) is 0.538. The molecule has 0 aromatic rings. The molecule has 0 aliphatic heterocycles. The van der Waals surface area contributed by atoms with E-state index in [1.807, 2.05) is 0 Å². The Morgan fingerprint density at radius 2 is 2.00 bits per heavy atom. The lowest BCUT2D eigenvalue weighted by Crippen LogP contribution is -2.22. The number of carboxylic acid groups (broad SMARTS) is 2. The van der Waals surface area contributed by atoms with Crippen molar-refractivity contribution in [1.82, 2.24) is 5.32 Å². The van der Waals surface area contributed by atoms with Crippen molar-refractivity contribution in [2.24, 2.45) is 5.92 Å².